The average molecular weight is 250 g/mol. The zero-order chi connectivity index (χ0) is 9.14. The van der Waals surface area contributed by atoms with Crippen LogP contribution in [0.4, 0.5) is 0 Å². The van der Waals surface area contributed by atoms with Gasteiger partial charge in [-0.15, -0.1) is 5.73 Å². The molecule has 0 aromatic heterocycles. The van der Waals surface area contributed by atoms with Gasteiger partial charge >= 0.3 is 0 Å². The van der Waals surface area contributed by atoms with Crippen LogP contribution in [0.3, 0.4) is 0 Å². The molecule has 1 fully saturated rings. The van der Waals surface area contributed by atoms with Crippen molar-refractivity contribution >= 4 is 7.85 Å². The van der Waals surface area contributed by atoms with E-state index in [1.54, 1.807) is 0 Å². The molecule has 3 radical (unpaired) electrons. The van der Waals surface area contributed by atoms with Crippen molar-refractivity contribution in [2.24, 2.45) is 17.8 Å². The summed E-state index contributed by atoms with van der Waals surface area (Å²) in [7, 11) is 5.16. The molecule has 1 saturated carbocycles. The summed E-state index contributed by atoms with van der Waals surface area (Å²) in [4.78, 5) is 0. The monoisotopic (exact) mass is 250 g/mol. The molecular weight excluding hydrogens is 236 g/mol. The van der Waals surface area contributed by atoms with Crippen molar-refractivity contribution in [1.29, 1.82) is 0 Å². The second-order valence-electron chi connectivity index (χ2n) is 3.52. The van der Waals surface area contributed by atoms with Gasteiger partial charge in [0.25, 0.3) is 0 Å². The van der Waals surface area contributed by atoms with Gasteiger partial charge in [-0.1, -0.05) is 18.8 Å². The second-order valence-corrected chi connectivity index (χ2v) is 3.52. The minimum atomic E-state index is -0.269. The Labute approximate surface area is 107 Å². The van der Waals surface area contributed by atoms with E-state index in [9.17, 15) is 5.11 Å². The summed E-state index contributed by atoms with van der Waals surface area (Å²) in [6, 6.07) is 0. The van der Waals surface area contributed by atoms with E-state index in [0.717, 1.165) is 6.42 Å². The number of rotatable bonds is 1. The van der Waals surface area contributed by atoms with Crippen molar-refractivity contribution in [3.8, 4) is 0 Å². The van der Waals surface area contributed by atoms with Gasteiger partial charge in [-0.25, -0.2) is 0 Å². The van der Waals surface area contributed by atoms with Gasteiger partial charge in [0.1, 0.15) is 7.85 Å². The van der Waals surface area contributed by atoms with Crippen molar-refractivity contribution in [1.82, 2.24) is 0 Å². The Morgan fingerprint density at radius 2 is 2.23 bits per heavy atom. The zero-order valence-corrected chi connectivity index (χ0v) is 10.8. The third kappa shape index (κ3) is 3.36. The summed E-state index contributed by atoms with van der Waals surface area (Å²) in [6.45, 7) is 6.13. The van der Waals surface area contributed by atoms with E-state index in [1.165, 1.54) is 5.98 Å². The van der Waals surface area contributed by atoms with Gasteiger partial charge in [-0.2, -0.15) is 5.92 Å². The van der Waals surface area contributed by atoms with Gasteiger partial charge < -0.3 is 12.0 Å². The summed E-state index contributed by atoms with van der Waals surface area (Å²) < 4.78 is 0. The minimum absolute atomic E-state index is 0. The van der Waals surface area contributed by atoms with Gasteiger partial charge in [0.15, 0.2) is 0 Å². The van der Waals surface area contributed by atoms with Crippen LogP contribution in [0.2, 0.25) is 0 Å². The molecule has 0 aromatic carbocycles. The van der Waals surface area contributed by atoms with E-state index >= 15 is 0 Å². The SMILES string of the molecule is [B]C=C=CC1C(O)CC(C)C1[CH2-].[Y]. The standard InChI is InChI=1S/C10H14BO.Y/c1-7-6-10(12)9(8(7)2)4-3-5-11;/h4-5,7-10,12H,2,6H2,1H3;/q-1;. The van der Waals surface area contributed by atoms with Crippen LogP contribution < -0.4 is 0 Å². The summed E-state index contributed by atoms with van der Waals surface area (Å²) in [5, 5.41) is 9.59. The Kier molecular flexibility index (Phi) is 6.50. The number of hydrogen-bond acceptors (Lipinski definition) is 1. The Bertz CT molecular complexity index is 211. The predicted molar refractivity (Wildman–Crippen MR) is 50.5 cm³/mol. The maximum atomic E-state index is 9.59. The summed E-state index contributed by atoms with van der Waals surface area (Å²) in [5.41, 5.74) is 2.80. The van der Waals surface area contributed by atoms with Crippen LogP contribution in [0, 0.1) is 24.7 Å². The smallest absolute Gasteiger partial charge is 0.114 e. The van der Waals surface area contributed by atoms with Gasteiger partial charge in [0, 0.05) is 32.7 Å². The molecule has 3 heteroatoms. The van der Waals surface area contributed by atoms with Crippen LogP contribution in [-0.4, -0.2) is 19.1 Å². The molecule has 1 rings (SSSR count). The first-order valence-corrected chi connectivity index (χ1v) is 4.30. The first-order valence-electron chi connectivity index (χ1n) is 4.30. The van der Waals surface area contributed by atoms with Crippen molar-refractivity contribution in [2.45, 2.75) is 19.4 Å². The van der Waals surface area contributed by atoms with Crippen LogP contribution in [0.15, 0.2) is 17.8 Å². The summed E-state index contributed by atoms with van der Waals surface area (Å²) in [6.07, 6.45) is 2.39. The Morgan fingerprint density at radius 3 is 2.62 bits per heavy atom. The van der Waals surface area contributed by atoms with Crippen LogP contribution >= 0.6 is 0 Å². The van der Waals surface area contributed by atoms with Crippen LogP contribution in [0.5, 0.6) is 0 Å². The number of hydrogen-bond donors (Lipinski definition) is 1. The third-order valence-electron chi connectivity index (χ3n) is 2.67. The molecule has 13 heavy (non-hydrogen) atoms. The van der Waals surface area contributed by atoms with Gasteiger partial charge in [0.05, 0.1) is 6.10 Å². The molecule has 0 amide bonds. The maximum Gasteiger partial charge on any atom is 0.114 e. The predicted octanol–water partition coefficient (Wildman–Crippen LogP) is 1.29. The molecule has 1 aliphatic carbocycles. The second kappa shape index (κ2) is 6.19. The van der Waals surface area contributed by atoms with Gasteiger partial charge in [0.2, 0.25) is 0 Å². The molecule has 1 N–H and O–H groups in total. The number of aliphatic hydroxyl groups excluding tert-OH is 1. The van der Waals surface area contributed by atoms with Crippen molar-refractivity contribution in [3.05, 3.63) is 24.7 Å². The molecule has 0 spiro atoms. The molecule has 4 atom stereocenters. The first-order chi connectivity index (χ1) is 5.66. The van der Waals surface area contributed by atoms with E-state index in [0.29, 0.717) is 5.92 Å². The quantitative estimate of drug-likeness (QED) is 0.422. The molecule has 4 unspecified atom stereocenters. The fraction of sp³-hybridized carbons (Fsp3) is 0.600. The van der Waals surface area contributed by atoms with Crippen molar-refractivity contribution in [2.75, 3.05) is 0 Å². The van der Waals surface area contributed by atoms with Crippen LogP contribution in [0.1, 0.15) is 13.3 Å². The Balaban J connectivity index is 0.00000144. The van der Waals surface area contributed by atoms with Crippen LogP contribution in [0.25, 0.3) is 0 Å². The molecule has 0 heterocycles. The Morgan fingerprint density at radius 1 is 1.62 bits per heavy atom. The van der Waals surface area contributed by atoms with E-state index in [4.69, 9.17) is 7.85 Å². The largest absolute Gasteiger partial charge is 0.393 e. The molecular formula is C10H14BOY-. The molecule has 0 aromatic rings. The maximum absolute atomic E-state index is 9.59. The fourth-order valence-electron chi connectivity index (χ4n) is 1.78. The van der Waals surface area contributed by atoms with E-state index in [2.05, 4.69) is 19.6 Å². The van der Waals surface area contributed by atoms with Crippen molar-refractivity contribution < 1.29 is 37.8 Å². The first kappa shape index (κ1) is 13.6. The zero-order valence-electron chi connectivity index (χ0n) is 7.98. The number of aliphatic hydroxyl groups is 1. The summed E-state index contributed by atoms with van der Waals surface area (Å²) in [5.74, 6) is 2.26. The Hall–Kier alpha value is 0.649. The molecule has 67 valence electrons. The van der Waals surface area contributed by atoms with Crippen molar-refractivity contribution in [3.63, 3.8) is 0 Å². The molecule has 0 bridgehead atoms. The molecule has 0 aliphatic heterocycles. The molecule has 0 saturated heterocycles. The van der Waals surface area contributed by atoms with Crippen LogP contribution in [-0.2, 0) is 32.7 Å². The van der Waals surface area contributed by atoms with E-state index in [1.807, 2.05) is 6.08 Å². The van der Waals surface area contributed by atoms with Gasteiger partial charge in [-0.05, 0) is 18.4 Å². The fourth-order valence-corrected chi connectivity index (χ4v) is 1.78. The van der Waals surface area contributed by atoms with E-state index in [-0.39, 0.29) is 50.6 Å². The van der Waals surface area contributed by atoms with E-state index < -0.39 is 0 Å². The molecule has 1 nitrogen and oxygen atoms in total. The average Bonchev–Trinajstić information content (AvgIpc) is 2.25. The normalized spacial score (nSPS) is 37.5. The molecule has 1 aliphatic rings. The van der Waals surface area contributed by atoms with Gasteiger partial charge in [-0.3, -0.25) is 0 Å². The minimum Gasteiger partial charge on any atom is -0.393 e. The summed E-state index contributed by atoms with van der Waals surface area (Å²) >= 11 is 0. The topological polar surface area (TPSA) is 20.2 Å². The third-order valence-corrected chi connectivity index (χ3v) is 2.67.